The van der Waals surface area contributed by atoms with E-state index in [0.29, 0.717) is 17.2 Å². The van der Waals surface area contributed by atoms with E-state index in [1.54, 1.807) is 18.2 Å². The number of ether oxygens (including phenoxy) is 1. The van der Waals surface area contributed by atoms with Crippen LogP contribution in [0.25, 0.3) is 0 Å². The van der Waals surface area contributed by atoms with Crippen molar-refractivity contribution in [3.63, 3.8) is 0 Å². The topological polar surface area (TPSA) is 29.5 Å². The Kier molecular flexibility index (Phi) is 3.58. The van der Waals surface area contributed by atoms with Gasteiger partial charge in [0.15, 0.2) is 6.29 Å². The molecule has 1 unspecified atom stereocenters. The Morgan fingerprint density at radius 2 is 2.23 bits per heavy atom. The Hall–Kier alpha value is -0.730. The van der Waals surface area contributed by atoms with E-state index < -0.39 is 6.29 Å². The lowest BCUT2D eigenvalue weighted by atomic mass is 10.2. The number of aliphatic hydroxyl groups excluding tert-OH is 1. The number of hydrogen-bond acceptors (Lipinski definition) is 2. The van der Waals surface area contributed by atoms with Crippen LogP contribution in [0.4, 0.5) is 0 Å². The predicted octanol–water partition coefficient (Wildman–Crippen LogP) is 2.76. The highest BCUT2D eigenvalue weighted by Crippen LogP contribution is 2.22. The van der Waals surface area contributed by atoms with Crippen molar-refractivity contribution in [3.8, 4) is 5.75 Å². The molecule has 1 aromatic carbocycles. The lowest BCUT2D eigenvalue weighted by Gasteiger charge is -2.13. The van der Waals surface area contributed by atoms with Crippen molar-refractivity contribution in [2.75, 3.05) is 0 Å². The quantitative estimate of drug-likeness (QED) is 0.761. The monoisotopic (exact) mass is 200 g/mol. The molecule has 0 spiro atoms. The third-order valence-corrected chi connectivity index (χ3v) is 1.98. The number of rotatable bonds is 3. The highest BCUT2D eigenvalue weighted by Gasteiger charge is 2.05. The van der Waals surface area contributed by atoms with E-state index in [1.165, 1.54) is 0 Å². The molecule has 2 nitrogen and oxygen atoms in total. The summed E-state index contributed by atoms with van der Waals surface area (Å²) in [5, 5.41) is 9.93. The van der Waals surface area contributed by atoms with Gasteiger partial charge in [0.2, 0.25) is 0 Å². The van der Waals surface area contributed by atoms with Gasteiger partial charge in [-0.2, -0.15) is 0 Å². The molecule has 0 saturated carbocycles. The molecule has 0 aromatic heterocycles. The van der Waals surface area contributed by atoms with Crippen molar-refractivity contribution in [2.24, 2.45) is 0 Å². The molecule has 0 radical (unpaired) electrons. The van der Waals surface area contributed by atoms with Crippen LogP contribution in [0.1, 0.15) is 18.9 Å². The molecule has 1 N–H and O–H groups in total. The zero-order chi connectivity index (χ0) is 9.84. The second-order valence-electron chi connectivity index (χ2n) is 2.89. The summed E-state index contributed by atoms with van der Waals surface area (Å²) in [7, 11) is 0. The SMILES string of the molecule is CCC(O)Oc1ccc(Cl)cc1C. The maximum absolute atomic E-state index is 9.25. The first kappa shape index (κ1) is 10.4. The van der Waals surface area contributed by atoms with Crippen LogP contribution in [0.15, 0.2) is 18.2 Å². The summed E-state index contributed by atoms with van der Waals surface area (Å²) < 4.78 is 5.25. The number of aliphatic hydroxyl groups is 1. The van der Waals surface area contributed by atoms with Crippen LogP contribution in [0.2, 0.25) is 5.02 Å². The summed E-state index contributed by atoms with van der Waals surface area (Å²) >= 11 is 5.77. The summed E-state index contributed by atoms with van der Waals surface area (Å²) in [6, 6.07) is 5.31. The zero-order valence-electron chi connectivity index (χ0n) is 7.75. The van der Waals surface area contributed by atoms with Gasteiger partial charge in [-0.3, -0.25) is 0 Å². The van der Waals surface area contributed by atoms with E-state index in [0.717, 1.165) is 5.56 Å². The average molecular weight is 201 g/mol. The van der Waals surface area contributed by atoms with Gasteiger partial charge in [0.25, 0.3) is 0 Å². The number of benzene rings is 1. The smallest absolute Gasteiger partial charge is 0.197 e. The van der Waals surface area contributed by atoms with E-state index in [-0.39, 0.29) is 0 Å². The lowest BCUT2D eigenvalue weighted by Crippen LogP contribution is -2.14. The zero-order valence-corrected chi connectivity index (χ0v) is 8.51. The fourth-order valence-corrected chi connectivity index (χ4v) is 1.20. The van der Waals surface area contributed by atoms with Crippen molar-refractivity contribution in [1.82, 2.24) is 0 Å². The molecule has 0 aliphatic carbocycles. The van der Waals surface area contributed by atoms with Gasteiger partial charge in [-0.1, -0.05) is 18.5 Å². The summed E-state index contributed by atoms with van der Waals surface area (Å²) in [5.74, 6) is 0.679. The Bertz CT molecular complexity index is 286. The molecule has 3 heteroatoms. The molecule has 13 heavy (non-hydrogen) atoms. The second-order valence-corrected chi connectivity index (χ2v) is 3.33. The highest BCUT2D eigenvalue weighted by molar-refractivity contribution is 6.30. The number of halogens is 1. The molecule has 1 aromatic rings. The second kappa shape index (κ2) is 4.49. The minimum Gasteiger partial charge on any atom is -0.465 e. The first-order valence-electron chi connectivity index (χ1n) is 4.24. The molecule has 0 heterocycles. The number of hydrogen-bond donors (Lipinski definition) is 1. The molecular weight excluding hydrogens is 188 g/mol. The van der Waals surface area contributed by atoms with Crippen LogP contribution in [0.3, 0.4) is 0 Å². The van der Waals surface area contributed by atoms with Gasteiger partial charge in [-0.05, 0) is 30.7 Å². The van der Waals surface area contributed by atoms with E-state index in [1.807, 2.05) is 13.8 Å². The average Bonchev–Trinajstić information content (AvgIpc) is 2.09. The van der Waals surface area contributed by atoms with E-state index in [4.69, 9.17) is 16.3 Å². The van der Waals surface area contributed by atoms with E-state index in [9.17, 15) is 5.11 Å². The first-order chi connectivity index (χ1) is 6.13. The van der Waals surface area contributed by atoms with Crippen molar-refractivity contribution in [1.29, 1.82) is 0 Å². The largest absolute Gasteiger partial charge is 0.465 e. The van der Waals surface area contributed by atoms with Gasteiger partial charge in [-0.15, -0.1) is 0 Å². The van der Waals surface area contributed by atoms with Crippen molar-refractivity contribution < 1.29 is 9.84 Å². The van der Waals surface area contributed by atoms with Gasteiger partial charge >= 0.3 is 0 Å². The Labute approximate surface area is 83.1 Å². The molecular formula is C10H13ClO2. The van der Waals surface area contributed by atoms with Crippen molar-refractivity contribution in [2.45, 2.75) is 26.6 Å². The Morgan fingerprint density at radius 1 is 1.54 bits per heavy atom. The maximum atomic E-state index is 9.25. The van der Waals surface area contributed by atoms with Crippen LogP contribution in [-0.2, 0) is 0 Å². The van der Waals surface area contributed by atoms with E-state index >= 15 is 0 Å². The summed E-state index contributed by atoms with van der Waals surface area (Å²) in [6.45, 7) is 3.75. The van der Waals surface area contributed by atoms with Crippen LogP contribution in [0, 0.1) is 6.92 Å². The standard InChI is InChI=1S/C10H13ClO2/c1-3-10(12)13-9-5-4-8(11)6-7(9)2/h4-6,10,12H,3H2,1-2H3. The maximum Gasteiger partial charge on any atom is 0.197 e. The van der Waals surface area contributed by atoms with Gasteiger partial charge < -0.3 is 9.84 Å². The van der Waals surface area contributed by atoms with Gasteiger partial charge in [0, 0.05) is 11.4 Å². The highest BCUT2D eigenvalue weighted by atomic mass is 35.5. The van der Waals surface area contributed by atoms with Crippen LogP contribution >= 0.6 is 11.6 Å². The molecule has 0 aliphatic rings. The molecule has 0 fully saturated rings. The lowest BCUT2D eigenvalue weighted by molar-refractivity contribution is -0.0196. The molecule has 0 bridgehead atoms. The molecule has 1 rings (SSSR count). The van der Waals surface area contributed by atoms with Crippen LogP contribution < -0.4 is 4.74 Å². The fourth-order valence-electron chi connectivity index (χ4n) is 0.975. The van der Waals surface area contributed by atoms with E-state index in [2.05, 4.69) is 0 Å². The Morgan fingerprint density at radius 3 is 2.77 bits per heavy atom. The molecule has 0 amide bonds. The predicted molar refractivity (Wildman–Crippen MR) is 53.1 cm³/mol. The number of aryl methyl sites for hydroxylation is 1. The third-order valence-electron chi connectivity index (χ3n) is 1.75. The first-order valence-corrected chi connectivity index (χ1v) is 4.62. The minimum absolute atomic E-state index is 0.571. The summed E-state index contributed by atoms with van der Waals surface area (Å²) in [5.41, 5.74) is 0.931. The molecule has 1 atom stereocenters. The van der Waals surface area contributed by atoms with Gasteiger partial charge in [0.1, 0.15) is 5.75 Å². The summed E-state index contributed by atoms with van der Waals surface area (Å²) in [6.07, 6.45) is -0.165. The van der Waals surface area contributed by atoms with Crippen LogP contribution in [0.5, 0.6) is 5.75 Å². The van der Waals surface area contributed by atoms with Crippen molar-refractivity contribution in [3.05, 3.63) is 28.8 Å². The van der Waals surface area contributed by atoms with Crippen molar-refractivity contribution >= 4 is 11.6 Å². The molecule has 0 saturated heterocycles. The van der Waals surface area contributed by atoms with Crippen LogP contribution in [-0.4, -0.2) is 11.4 Å². The normalized spacial score (nSPS) is 12.6. The molecule has 0 aliphatic heterocycles. The molecule has 72 valence electrons. The minimum atomic E-state index is -0.736. The van der Waals surface area contributed by atoms with Gasteiger partial charge in [-0.25, -0.2) is 0 Å². The summed E-state index contributed by atoms with van der Waals surface area (Å²) in [4.78, 5) is 0. The Balaban J connectivity index is 2.77. The fraction of sp³-hybridized carbons (Fsp3) is 0.400. The van der Waals surface area contributed by atoms with Gasteiger partial charge in [0.05, 0.1) is 0 Å². The third kappa shape index (κ3) is 2.90.